The summed E-state index contributed by atoms with van der Waals surface area (Å²) in [4.78, 5) is 11.9. The van der Waals surface area contributed by atoms with E-state index in [1.165, 1.54) is 25.7 Å². The molecule has 0 saturated carbocycles. The summed E-state index contributed by atoms with van der Waals surface area (Å²) >= 11 is 0. The van der Waals surface area contributed by atoms with Crippen molar-refractivity contribution in [3.63, 3.8) is 0 Å². The standard InChI is InChI=1S/C17H28N2O/c1-4-5-6-7-11-15(3)18-13-17(20)19-16-12-9-8-10-14(16)2/h8-10,12,15,18H,4-7,11,13H2,1-3H3,(H,19,20). The number of amides is 1. The van der Waals surface area contributed by atoms with Crippen molar-refractivity contribution in [2.75, 3.05) is 11.9 Å². The van der Waals surface area contributed by atoms with Crippen LogP contribution in [0.3, 0.4) is 0 Å². The Morgan fingerprint density at radius 2 is 1.95 bits per heavy atom. The van der Waals surface area contributed by atoms with Gasteiger partial charge in [0.15, 0.2) is 0 Å². The first-order valence-corrected chi connectivity index (χ1v) is 7.72. The number of benzene rings is 1. The molecule has 0 fully saturated rings. The molecule has 0 aromatic heterocycles. The van der Waals surface area contributed by atoms with Gasteiger partial charge < -0.3 is 10.6 Å². The van der Waals surface area contributed by atoms with Crippen LogP contribution in [0.4, 0.5) is 5.69 Å². The first-order chi connectivity index (χ1) is 9.63. The first-order valence-electron chi connectivity index (χ1n) is 7.72. The van der Waals surface area contributed by atoms with Crippen molar-refractivity contribution in [3.8, 4) is 0 Å². The number of unbranched alkanes of at least 4 members (excludes halogenated alkanes) is 3. The number of rotatable bonds is 9. The molecule has 0 spiro atoms. The lowest BCUT2D eigenvalue weighted by molar-refractivity contribution is -0.115. The molecule has 0 heterocycles. The van der Waals surface area contributed by atoms with E-state index in [0.717, 1.165) is 17.7 Å². The summed E-state index contributed by atoms with van der Waals surface area (Å²) in [5, 5.41) is 6.23. The molecular formula is C17H28N2O. The average Bonchev–Trinajstić information content (AvgIpc) is 2.44. The number of anilines is 1. The highest BCUT2D eigenvalue weighted by atomic mass is 16.1. The minimum atomic E-state index is 0.0275. The van der Waals surface area contributed by atoms with E-state index in [-0.39, 0.29) is 5.91 Å². The normalized spacial score (nSPS) is 12.2. The van der Waals surface area contributed by atoms with Crippen LogP contribution < -0.4 is 10.6 Å². The zero-order valence-electron chi connectivity index (χ0n) is 13.0. The van der Waals surface area contributed by atoms with Gasteiger partial charge in [-0.2, -0.15) is 0 Å². The van der Waals surface area contributed by atoms with E-state index in [9.17, 15) is 4.79 Å². The van der Waals surface area contributed by atoms with Crippen molar-refractivity contribution < 1.29 is 4.79 Å². The van der Waals surface area contributed by atoms with Crippen LogP contribution in [0.25, 0.3) is 0 Å². The van der Waals surface area contributed by atoms with Crippen molar-refractivity contribution in [3.05, 3.63) is 29.8 Å². The molecule has 1 aromatic rings. The van der Waals surface area contributed by atoms with E-state index in [1.54, 1.807) is 0 Å². The third kappa shape index (κ3) is 6.71. The van der Waals surface area contributed by atoms with Gasteiger partial charge in [-0.3, -0.25) is 4.79 Å². The van der Waals surface area contributed by atoms with E-state index in [2.05, 4.69) is 24.5 Å². The molecule has 1 unspecified atom stereocenters. The lowest BCUT2D eigenvalue weighted by atomic mass is 10.1. The number of hydrogen-bond acceptors (Lipinski definition) is 2. The zero-order valence-corrected chi connectivity index (χ0v) is 13.0. The fourth-order valence-corrected chi connectivity index (χ4v) is 2.15. The summed E-state index contributed by atoms with van der Waals surface area (Å²) in [6.07, 6.45) is 6.23. The Bertz CT molecular complexity index is 404. The molecule has 0 saturated heterocycles. The maximum atomic E-state index is 11.9. The van der Waals surface area contributed by atoms with Crippen LogP contribution in [-0.4, -0.2) is 18.5 Å². The third-order valence-electron chi connectivity index (χ3n) is 3.52. The maximum absolute atomic E-state index is 11.9. The summed E-state index contributed by atoms with van der Waals surface area (Å²) < 4.78 is 0. The second-order valence-electron chi connectivity index (χ2n) is 5.49. The Labute approximate surface area is 123 Å². The minimum absolute atomic E-state index is 0.0275. The van der Waals surface area contributed by atoms with Crippen LogP contribution in [0.5, 0.6) is 0 Å². The van der Waals surface area contributed by atoms with Crippen molar-refractivity contribution in [1.82, 2.24) is 5.32 Å². The summed E-state index contributed by atoms with van der Waals surface area (Å²) in [6.45, 7) is 6.74. The molecule has 2 N–H and O–H groups in total. The van der Waals surface area contributed by atoms with Crippen LogP contribution in [-0.2, 0) is 4.79 Å². The molecule has 0 aliphatic rings. The largest absolute Gasteiger partial charge is 0.325 e. The monoisotopic (exact) mass is 276 g/mol. The Morgan fingerprint density at radius 3 is 2.65 bits per heavy atom. The smallest absolute Gasteiger partial charge is 0.238 e. The molecule has 0 aliphatic carbocycles. The lowest BCUT2D eigenvalue weighted by Crippen LogP contribution is -2.34. The van der Waals surface area contributed by atoms with E-state index < -0.39 is 0 Å². The predicted octanol–water partition coefficient (Wildman–Crippen LogP) is 3.88. The Balaban J connectivity index is 2.21. The highest BCUT2D eigenvalue weighted by Gasteiger charge is 2.06. The second kappa shape index (κ2) is 9.54. The van der Waals surface area contributed by atoms with Crippen molar-refractivity contribution in [2.24, 2.45) is 0 Å². The number of carbonyl (C=O) groups is 1. The Hall–Kier alpha value is -1.35. The minimum Gasteiger partial charge on any atom is -0.325 e. The topological polar surface area (TPSA) is 41.1 Å². The molecule has 112 valence electrons. The number of hydrogen-bond donors (Lipinski definition) is 2. The van der Waals surface area contributed by atoms with Crippen LogP contribution in [0.15, 0.2) is 24.3 Å². The van der Waals surface area contributed by atoms with Crippen LogP contribution in [0.2, 0.25) is 0 Å². The summed E-state index contributed by atoms with van der Waals surface area (Å²) in [7, 11) is 0. The SMILES string of the molecule is CCCCCCC(C)NCC(=O)Nc1ccccc1C. The van der Waals surface area contributed by atoms with Gasteiger partial charge >= 0.3 is 0 Å². The van der Waals surface area contributed by atoms with Crippen molar-refractivity contribution >= 4 is 11.6 Å². The van der Waals surface area contributed by atoms with Gasteiger partial charge in [0.05, 0.1) is 6.54 Å². The third-order valence-corrected chi connectivity index (χ3v) is 3.52. The average molecular weight is 276 g/mol. The van der Waals surface area contributed by atoms with E-state index in [0.29, 0.717) is 12.6 Å². The van der Waals surface area contributed by atoms with Crippen LogP contribution >= 0.6 is 0 Å². The second-order valence-corrected chi connectivity index (χ2v) is 5.49. The molecule has 1 aromatic carbocycles. The molecule has 1 amide bonds. The summed E-state index contributed by atoms with van der Waals surface area (Å²) in [5.41, 5.74) is 1.99. The Morgan fingerprint density at radius 1 is 1.20 bits per heavy atom. The van der Waals surface area contributed by atoms with Gasteiger partial charge in [0.25, 0.3) is 0 Å². The molecule has 1 rings (SSSR count). The van der Waals surface area contributed by atoms with Crippen molar-refractivity contribution in [2.45, 2.75) is 58.9 Å². The van der Waals surface area contributed by atoms with E-state index >= 15 is 0 Å². The first kappa shape index (κ1) is 16.7. The lowest BCUT2D eigenvalue weighted by Gasteiger charge is -2.14. The number of carbonyl (C=O) groups excluding carboxylic acids is 1. The molecule has 0 bridgehead atoms. The molecular weight excluding hydrogens is 248 g/mol. The molecule has 20 heavy (non-hydrogen) atoms. The molecule has 3 nitrogen and oxygen atoms in total. The zero-order chi connectivity index (χ0) is 14.8. The quantitative estimate of drug-likeness (QED) is 0.672. The van der Waals surface area contributed by atoms with Gasteiger partial charge in [-0.25, -0.2) is 0 Å². The number of para-hydroxylation sites is 1. The van der Waals surface area contributed by atoms with Crippen LogP contribution in [0, 0.1) is 6.92 Å². The number of nitrogens with one attached hydrogen (secondary N) is 2. The Kier molecular flexibility index (Phi) is 7.97. The van der Waals surface area contributed by atoms with Gasteiger partial charge in [-0.15, -0.1) is 0 Å². The molecule has 0 radical (unpaired) electrons. The predicted molar refractivity (Wildman–Crippen MR) is 86.0 cm³/mol. The molecule has 1 atom stereocenters. The van der Waals surface area contributed by atoms with Gasteiger partial charge in [-0.05, 0) is 31.9 Å². The van der Waals surface area contributed by atoms with E-state index in [1.807, 2.05) is 31.2 Å². The van der Waals surface area contributed by atoms with Crippen LogP contribution in [0.1, 0.15) is 51.5 Å². The maximum Gasteiger partial charge on any atom is 0.238 e. The fraction of sp³-hybridized carbons (Fsp3) is 0.588. The van der Waals surface area contributed by atoms with Gasteiger partial charge in [0, 0.05) is 11.7 Å². The highest BCUT2D eigenvalue weighted by Crippen LogP contribution is 2.12. The number of aryl methyl sites for hydroxylation is 1. The highest BCUT2D eigenvalue weighted by molar-refractivity contribution is 5.92. The summed E-state index contributed by atoms with van der Waals surface area (Å²) in [5.74, 6) is 0.0275. The van der Waals surface area contributed by atoms with Gasteiger partial charge in [-0.1, -0.05) is 50.8 Å². The van der Waals surface area contributed by atoms with E-state index in [4.69, 9.17) is 0 Å². The van der Waals surface area contributed by atoms with Crippen molar-refractivity contribution in [1.29, 1.82) is 0 Å². The molecule has 0 aliphatic heterocycles. The van der Waals surface area contributed by atoms with Gasteiger partial charge in [0.1, 0.15) is 0 Å². The van der Waals surface area contributed by atoms with Gasteiger partial charge in [0.2, 0.25) is 5.91 Å². The summed E-state index contributed by atoms with van der Waals surface area (Å²) in [6, 6.07) is 8.24. The fourth-order valence-electron chi connectivity index (χ4n) is 2.15. The molecule has 3 heteroatoms.